The molecule has 72 valence electrons. The van der Waals surface area contributed by atoms with Crippen molar-refractivity contribution in [2.45, 2.75) is 6.92 Å². The molecule has 13 heavy (non-hydrogen) atoms. The van der Waals surface area contributed by atoms with E-state index in [2.05, 4.69) is 0 Å². The van der Waals surface area contributed by atoms with Crippen LogP contribution >= 0.6 is 0 Å². The predicted molar refractivity (Wildman–Crippen MR) is 50.2 cm³/mol. The van der Waals surface area contributed by atoms with Gasteiger partial charge in [0.05, 0.1) is 13.2 Å². The minimum atomic E-state index is 0.0349. The number of hydrogen-bond donors (Lipinski definition) is 1. The molecule has 0 amide bonds. The molecule has 1 aromatic carbocycles. The van der Waals surface area contributed by atoms with E-state index in [1.165, 1.54) is 0 Å². The summed E-state index contributed by atoms with van der Waals surface area (Å²) in [6.07, 6.45) is 0. The highest BCUT2D eigenvalue weighted by atomic mass is 16.5. The number of benzene rings is 1. The van der Waals surface area contributed by atoms with Gasteiger partial charge in [-0.15, -0.1) is 0 Å². The molecule has 0 aliphatic rings. The quantitative estimate of drug-likeness (QED) is 0.749. The lowest BCUT2D eigenvalue weighted by atomic mass is 10.3. The minimum Gasteiger partial charge on any atom is -0.494 e. The maximum atomic E-state index is 8.52. The molecule has 0 aromatic heterocycles. The molecule has 0 aliphatic heterocycles. The molecule has 0 saturated carbocycles. The molecule has 3 heteroatoms. The molecule has 3 nitrogen and oxygen atoms in total. The molecular weight excluding hydrogens is 168 g/mol. The Morgan fingerprint density at radius 3 is 2.08 bits per heavy atom. The summed E-state index contributed by atoms with van der Waals surface area (Å²) in [5.74, 6) is 1.58. The fraction of sp³-hybridized carbons (Fsp3) is 0.400. The first kappa shape index (κ1) is 9.86. The van der Waals surface area contributed by atoms with Crippen molar-refractivity contribution in [3.8, 4) is 11.5 Å². The predicted octanol–water partition coefficient (Wildman–Crippen LogP) is 1.46. The number of aliphatic hydroxyl groups is 1. The van der Waals surface area contributed by atoms with Gasteiger partial charge in [-0.05, 0) is 31.2 Å². The molecule has 1 N–H and O–H groups in total. The van der Waals surface area contributed by atoms with E-state index in [-0.39, 0.29) is 6.61 Å². The molecule has 0 spiro atoms. The number of ether oxygens (including phenoxy) is 2. The van der Waals surface area contributed by atoms with Crippen LogP contribution in [0.3, 0.4) is 0 Å². The molecule has 0 unspecified atom stereocenters. The number of rotatable bonds is 5. The lowest BCUT2D eigenvalue weighted by Crippen LogP contribution is -2.01. The van der Waals surface area contributed by atoms with Gasteiger partial charge >= 0.3 is 0 Å². The van der Waals surface area contributed by atoms with E-state index in [1.807, 2.05) is 31.2 Å². The van der Waals surface area contributed by atoms with E-state index < -0.39 is 0 Å². The first-order valence-electron chi connectivity index (χ1n) is 4.33. The Balaban J connectivity index is 2.48. The van der Waals surface area contributed by atoms with Gasteiger partial charge in [0.2, 0.25) is 0 Å². The maximum absolute atomic E-state index is 8.52. The third-order valence-corrected chi connectivity index (χ3v) is 1.49. The zero-order chi connectivity index (χ0) is 9.52. The van der Waals surface area contributed by atoms with Crippen molar-refractivity contribution in [2.24, 2.45) is 0 Å². The summed E-state index contributed by atoms with van der Waals surface area (Å²) in [4.78, 5) is 0. The van der Waals surface area contributed by atoms with Crippen LogP contribution in [0.2, 0.25) is 0 Å². The average Bonchev–Trinajstić information content (AvgIpc) is 2.17. The zero-order valence-corrected chi connectivity index (χ0v) is 7.69. The lowest BCUT2D eigenvalue weighted by Gasteiger charge is -2.05. The summed E-state index contributed by atoms with van der Waals surface area (Å²) in [6, 6.07) is 7.33. The summed E-state index contributed by atoms with van der Waals surface area (Å²) in [7, 11) is 0. The van der Waals surface area contributed by atoms with Gasteiger partial charge in [-0.3, -0.25) is 0 Å². The summed E-state index contributed by atoms with van der Waals surface area (Å²) in [5.41, 5.74) is 0. The number of hydrogen-bond acceptors (Lipinski definition) is 3. The first-order chi connectivity index (χ1) is 6.36. The van der Waals surface area contributed by atoms with Crippen LogP contribution in [0.25, 0.3) is 0 Å². The molecule has 0 fully saturated rings. The van der Waals surface area contributed by atoms with Crippen LogP contribution in [-0.4, -0.2) is 24.9 Å². The van der Waals surface area contributed by atoms with Crippen LogP contribution in [0.1, 0.15) is 6.92 Å². The molecule has 0 bridgehead atoms. The fourth-order valence-electron chi connectivity index (χ4n) is 0.962. The van der Waals surface area contributed by atoms with E-state index in [1.54, 1.807) is 0 Å². The van der Waals surface area contributed by atoms with Crippen LogP contribution in [-0.2, 0) is 0 Å². The molecule has 1 rings (SSSR count). The van der Waals surface area contributed by atoms with Gasteiger partial charge in [-0.2, -0.15) is 0 Å². The number of aliphatic hydroxyl groups excluding tert-OH is 1. The van der Waals surface area contributed by atoms with Crippen molar-refractivity contribution < 1.29 is 14.6 Å². The highest BCUT2D eigenvalue weighted by molar-refractivity contribution is 5.31. The summed E-state index contributed by atoms with van der Waals surface area (Å²) < 4.78 is 10.4. The van der Waals surface area contributed by atoms with Crippen LogP contribution in [0.15, 0.2) is 24.3 Å². The Morgan fingerprint density at radius 1 is 1.08 bits per heavy atom. The van der Waals surface area contributed by atoms with Crippen molar-refractivity contribution in [2.75, 3.05) is 19.8 Å². The van der Waals surface area contributed by atoms with Gasteiger partial charge in [0.1, 0.15) is 18.1 Å². The van der Waals surface area contributed by atoms with Crippen LogP contribution in [0.5, 0.6) is 11.5 Å². The van der Waals surface area contributed by atoms with E-state index in [4.69, 9.17) is 14.6 Å². The van der Waals surface area contributed by atoms with Crippen molar-refractivity contribution in [3.63, 3.8) is 0 Å². The lowest BCUT2D eigenvalue weighted by molar-refractivity contribution is 0.201. The SMILES string of the molecule is CCOc1ccc(OCCO)cc1. The van der Waals surface area contributed by atoms with Crippen molar-refractivity contribution >= 4 is 0 Å². The third-order valence-electron chi connectivity index (χ3n) is 1.49. The van der Waals surface area contributed by atoms with Crippen molar-refractivity contribution in [1.29, 1.82) is 0 Å². The molecule has 0 aliphatic carbocycles. The average molecular weight is 182 g/mol. The monoisotopic (exact) mass is 182 g/mol. The second-order valence-electron chi connectivity index (χ2n) is 2.48. The fourth-order valence-corrected chi connectivity index (χ4v) is 0.962. The van der Waals surface area contributed by atoms with Crippen molar-refractivity contribution in [1.82, 2.24) is 0 Å². The largest absolute Gasteiger partial charge is 0.494 e. The Labute approximate surface area is 77.9 Å². The molecule has 1 aromatic rings. The topological polar surface area (TPSA) is 38.7 Å². The standard InChI is InChI=1S/C10H14O3/c1-2-12-9-3-5-10(6-4-9)13-8-7-11/h3-6,11H,2,7-8H2,1H3. The smallest absolute Gasteiger partial charge is 0.119 e. The van der Waals surface area contributed by atoms with Gasteiger partial charge < -0.3 is 14.6 Å². The molecular formula is C10H14O3. The Kier molecular flexibility index (Phi) is 4.12. The molecule has 0 heterocycles. The second-order valence-corrected chi connectivity index (χ2v) is 2.48. The summed E-state index contributed by atoms with van der Waals surface area (Å²) in [6.45, 7) is 2.97. The van der Waals surface area contributed by atoms with E-state index in [0.717, 1.165) is 11.5 Å². The van der Waals surface area contributed by atoms with Crippen LogP contribution in [0.4, 0.5) is 0 Å². The third kappa shape index (κ3) is 3.34. The summed E-state index contributed by atoms with van der Waals surface area (Å²) in [5, 5.41) is 8.52. The second kappa shape index (κ2) is 5.43. The van der Waals surface area contributed by atoms with E-state index in [9.17, 15) is 0 Å². The van der Waals surface area contributed by atoms with Gasteiger partial charge in [-0.25, -0.2) is 0 Å². The zero-order valence-electron chi connectivity index (χ0n) is 7.69. The Bertz CT molecular complexity index is 230. The van der Waals surface area contributed by atoms with E-state index in [0.29, 0.717) is 13.2 Å². The van der Waals surface area contributed by atoms with Gasteiger partial charge in [-0.1, -0.05) is 0 Å². The van der Waals surface area contributed by atoms with Crippen LogP contribution < -0.4 is 9.47 Å². The maximum Gasteiger partial charge on any atom is 0.119 e. The minimum absolute atomic E-state index is 0.0349. The Hall–Kier alpha value is -1.22. The molecule has 0 radical (unpaired) electrons. The van der Waals surface area contributed by atoms with Crippen molar-refractivity contribution in [3.05, 3.63) is 24.3 Å². The van der Waals surface area contributed by atoms with Gasteiger partial charge in [0, 0.05) is 0 Å². The van der Waals surface area contributed by atoms with Crippen LogP contribution in [0, 0.1) is 0 Å². The highest BCUT2D eigenvalue weighted by Gasteiger charge is 1.94. The van der Waals surface area contributed by atoms with Gasteiger partial charge in [0.15, 0.2) is 0 Å². The highest BCUT2D eigenvalue weighted by Crippen LogP contribution is 2.17. The molecule has 0 atom stereocenters. The molecule has 0 saturated heterocycles. The first-order valence-corrected chi connectivity index (χ1v) is 4.33. The summed E-state index contributed by atoms with van der Waals surface area (Å²) >= 11 is 0. The normalized spacial score (nSPS) is 9.69. The Morgan fingerprint density at radius 2 is 1.62 bits per heavy atom. The van der Waals surface area contributed by atoms with E-state index >= 15 is 0 Å². The van der Waals surface area contributed by atoms with Gasteiger partial charge in [0.25, 0.3) is 0 Å².